The topological polar surface area (TPSA) is 54.5 Å². The number of rotatable bonds is 4. The first-order chi connectivity index (χ1) is 8.54. The molecule has 18 heavy (non-hydrogen) atoms. The molecule has 0 aromatic carbocycles. The summed E-state index contributed by atoms with van der Waals surface area (Å²) in [6.45, 7) is 0.690. The molecule has 8 heteroatoms. The zero-order valence-electron chi connectivity index (χ0n) is 9.67. The van der Waals surface area contributed by atoms with Crippen molar-refractivity contribution in [3.63, 3.8) is 0 Å². The van der Waals surface area contributed by atoms with Gasteiger partial charge < -0.3 is 0 Å². The molecular weight excluding hydrogens is 314 g/mol. The highest BCUT2D eigenvalue weighted by molar-refractivity contribution is 7.91. The summed E-state index contributed by atoms with van der Waals surface area (Å²) in [6.07, 6.45) is 0.686. The lowest BCUT2D eigenvalue weighted by molar-refractivity contribution is 0.440. The van der Waals surface area contributed by atoms with Crippen LogP contribution in [0.15, 0.2) is 16.3 Å². The van der Waals surface area contributed by atoms with Crippen LogP contribution in [0.3, 0.4) is 0 Å². The highest BCUT2D eigenvalue weighted by atomic mass is 35.5. The monoisotopic (exact) mass is 327 g/mol. The number of alkyl halides is 1. The third-order valence-corrected chi connectivity index (χ3v) is 7.68. The lowest BCUT2D eigenvalue weighted by Crippen LogP contribution is -2.41. The van der Waals surface area contributed by atoms with E-state index in [9.17, 15) is 12.6 Å². The third-order valence-electron chi connectivity index (χ3n) is 2.71. The number of aryl methyl sites for hydroxylation is 1. The van der Waals surface area contributed by atoms with Crippen LogP contribution < -0.4 is 0 Å². The first-order valence-electron chi connectivity index (χ1n) is 5.54. The quantitative estimate of drug-likeness (QED) is 0.783. The fraction of sp³-hybridized carbons (Fsp3) is 0.600. The maximum absolute atomic E-state index is 12.3. The van der Waals surface area contributed by atoms with Crippen molar-refractivity contribution in [1.82, 2.24) is 4.31 Å². The second-order valence-electron chi connectivity index (χ2n) is 3.91. The predicted octanol–water partition coefficient (Wildman–Crippen LogP) is 1.28. The van der Waals surface area contributed by atoms with Gasteiger partial charge in [0.1, 0.15) is 4.21 Å². The summed E-state index contributed by atoms with van der Waals surface area (Å²) in [6, 6.07) is 3.44. The number of nitrogens with zero attached hydrogens (tertiary/aromatic N) is 1. The van der Waals surface area contributed by atoms with Crippen molar-refractivity contribution in [3.8, 4) is 0 Å². The Morgan fingerprint density at radius 1 is 1.33 bits per heavy atom. The fourth-order valence-electron chi connectivity index (χ4n) is 1.71. The molecule has 1 fully saturated rings. The number of halogens is 1. The van der Waals surface area contributed by atoms with Crippen molar-refractivity contribution in [2.24, 2.45) is 0 Å². The van der Waals surface area contributed by atoms with E-state index in [2.05, 4.69) is 0 Å². The summed E-state index contributed by atoms with van der Waals surface area (Å²) in [5.41, 5.74) is 0. The normalized spacial score (nSPS) is 19.2. The molecule has 1 aliphatic rings. The molecule has 102 valence electrons. The Morgan fingerprint density at radius 2 is 2.00 bits per heavy atom. The molecule has 2 heterocycles. The van der Waals surface area contributed by atoms with E-state index in [1.807, 2.05) is 6.07 Å². The minimum Gasteiger partial charge on any atom is -0.259 e. The van der Waals surface area contributed by atoms with Gasteiger partial charge in [0.2, 0.25) is 0 Å². The molecule has 0 bridgehead atoms. The summed E-state index contributed by atoms with van der Waals surface area (Å²) in [5, 5.41) is 0. The van der Waals surface area contributed by atoms with Gasteiger partial charge in [0.15, 0.2) is 0 Å². The largest absolute Gasteiger partial charge is 0.259 e. The fourth-order valence-corrected chi connectivity index (χ4v) is 6.26. The van der Waals surface area contributed by atoms with Gasteiger partial charge in [-0.25, -0.2) is 8.42 Å². The van der Waals surface area contributed by atoms with E-state index in [4.69, 9.17) is 11.6 Å². The molecule has 0 amide bonds. The van der Waals surface area contributed by atoms with Crippen LogP contribution in [0.25, 0.3) is 0 Å². The number of hydrogen-bond acceptors (Lipinski definition) is 4. The maximum Gasteiger partial charge on any atom is 0.252 e. The van der Waals surface area contributed by atoms with Gasteiger partial charge in [-0.1, -0.05) is 0 Å². The van der Waals surface area contributed by atoms with E-state index in [-0.39, 0.29) is 0 Å². The first-order valence-corrected chi connectivity index (χ1v) is 9.82. The highest BCUT2D eigenvalue weighted by Crippen LogP contribution is 2.26. The molecule has 0 aliphatic carbocycles. The molecule has 2 rings (SSSR count). The Balaban J connectivity index is 2.16. The average molecular weight is 328 g/mol. The van der Waals surface area contributed by atoms with E-state index < -0.39 is 20.8 Å². The Labute approximate surface area is 118 Å². The smallest absolute Gasteiger partial charge is 0.252 e. The van der Waals surface area contributed by atoms with E-state index in [1.54, 1.807) is 6.07 Å². The molecule has 0 unspecified atom stereocenters. The Kier molecular flexibility index (Phi) is 4.82. The molecule has 0 spiro atoms. The van der Waals surface area contributed by atoms with E-state index in [0.29, 0.717) is 41.1 Å². The van der Waals surface area contributed by atoms with Crippen molar-refractivity contribution in [3.05, 3.63) is 17.0 Å². The van der Waals surface area contributed by atoms with Crippen molar-refractivity contribution in [1.29, 1.82) is 0 Å². The minimum absolute atomic E-state index is 0.345. The lowest BCUT2D eigenvalue weighted by Gasteiger charge is -2.24. The molecule has 4 nitrogen and oxygen atoms in total. The molecule has 0 atom stereocenters. The maximum atomic E-state index is 12.3. The molecule has 0 radical (unpaired) electrons. The molecule has 1 aromatic rings. The standard InChI is InChI=1S/C10H14ClNO3S3/c11-4-3-9-1-2-10(16-9)18(14,15)12-5-7-17(13)8-6-12/h1-2H,3-8H2. The van der Waals surface area contributed by atoms with Crippen molar-refractivity contribution in [2.75, 3.05) is 30.5 Å². The Bertz CT molecular complexity index is 530. The van der Waals surface area contributed by atoms with Crippen LogP contribution in [0.1, 0.15) is 4.88 Å². The first kappa shape index (κ1) is 14.5. The van der Waals surface area contributed by atoms with Crippen LogP contribution in [0, 0.1) is 0 Å². The van der Waals surface area contributed by atoms with Crippen LogP contribution in [-0.2, 0) is 27.2 Å². The Morgan fingerprint density at radius 3 is 2.61 bits per heavy atom. The van der Waals surface area contributed by atoms with Gasteiger partial charge >= 0.3 is 0 Å². The molecule has 0 saturated carbocycles. The highest BCUT2D eigenvalue weighted by Gasteiger charge is 2.29. The minimum atomic E-state index is -3.41. The summed E-state index contributed by atoms with van der Waals surface area (Å²) in [5.74, 6) is 1.35. The second-order valence-corrected chi connectivity index (χ2v) is 9.32. The second kappa shape index (κ2) is 6.00. The zero-order valence-corrected chi connectivity index (χ0v) is 12.9. The summed E-state index contributed by atoms with van der Waals surface area (Å²) in [4.78, 5) is 0.976. The molecular formula is C10H14ClNO3S3. The van der Waals surface area contributed by atoms with Gasteiger partial charge in [-0.3, -0.25) is 4.21 Å². The molecule has 0 N–H and O–H groups in total. The van der Waals surface area contributed by atoms with Crippen LogP contribution >= 0.6 is 22.9 Å². The third kappa shape index (κ3) is 3.14. The van der Waals surface area contributed by atoms with Crippen molar-refractivity contribution >= 4 is 43.8 Å². The SMILES string of the molecule is O=S1CCN(S(=O)(=O)c2ccc(CCCl)s2)CC1. The van der Waals surface area contributed by atoms with Gasteiger partial charge in [-0.15, -0.1) is 22.9 Å². The lowest BCUT2D eigenvalue weighted by atomic mass is 10.4. The number of thiophene rings is 1. The van der Waals surface area contributed by atoms with Crippen LogP contribution in [0.4, 0.5) is 0 Å². The van der Waals surface area contributed by atoms with Crippen molar-refractivity contribution < 1.29 is 12.6 Å². The van der Waals surface area contributed by atoms with Crippen LogP contribution in [-0.4, -0.2) is 47.4 Å². The van der Waals surface area contributed by atoms with Crippen LogP contribution in [0.2, 0.25) is 0 Å². The predicted molar refractivity (Wildman–Crippen MR) is 75.4 cm³/mol. The number of hydrogen-bond donors (Lipinski definition) is 0. The summed E-state index contributed by atoms with van der Waals surface area (Å²) in [7, 11) is -4.28. The van der Waals surface area contributed by atoms with E-state index in [1.165, 1.54) is 15.6 Å². The molecule has 1 saturated heterocycles. The van der Waals surface area contributed by atoms with Gasteiger partial charge in [0.05, 0.1) is 0 Å². The van der Waals surface area contributed by atoms with Gasteiger partial charge in [-0.2, -0.15) is 4.31 Å². The molecule has 1 aromatic heterocycles. The van der Waals surface area contributed by atoms with Gasteiger partial charge in [-0.05, 0) is 18.6 Å². The van der Waals surface area contributed by atoms with Crippen LogP contribution in [0.5, 0.6) is 0 Å². The summed E-state index contributed by atoms with van der Waals surface area (Å²) < 4.78 is 37.6. The Hall–Kier alpha value is 0.0500. The summed E-state index contributed by atoms with van der Waals surface area (Å²) >= 11 is 6.91. The van der Waals surface area contributed by atoms with Gasteiger partial charge in [0, 0.05) is 46.2 Å². The van der Waals surface area contributed by atoms with E-state index in [0.717, 1.165) is 4.88 Å². The average Bonchev–Trinajstić information content (AvgIpc) is 2.79. The molecule has 1 aliphatic heterocycles. The van der Waals surface area contributed by atoms with Crippen molar-refractivity contribution in [2.45, 2.75) is 10.6 Å². The van der Waals surface area contributed by atoms with E-state index >= 15 is 0 Å². The zero-order chi connectivity index (χ0) is 13.2. The number of sulfonamides is 1. The van der Waals surface area contributed by atoms with Gasteiger partial charge in [0.25, 0.3) is 10.0 Å².